The van der Waals surface area contributed by atoms with Crippen LogP contribution in [0.3, 0.4) is 0 Å². The van der Waals surface area contributed by atoms with E-state index in [2.05, 4.69) is 4.90 Å². The summed E-state index contributed by atoms with van der Waals surface area (Å²) >= 11 is 0. The number of esters is 1. The number of rotatable bonds is 6. The number of benzene rings is 2. The number of carbonyl (C=O) groups is 1. The van der Waals surface area contributed by atoms with Crippen molar-refractivity contribution in [1.29, 1.82) is 0 Å². The Hall–Kier alpha value is -1.84. The molecule has 0 amide bonds. The lowest BCUT2D eigenvalue weighted by Crippen LogP contribution is -2.33. The molecule has 134 valence electrons. The Morgan fingerprint density at radius 3 is 1.92 bits per heavy atom. The van der Waals surface area contributed by atoms with Gasteiger partial charge in [-0.15, -0.1) is 12.4 Å². The van der Waals surface area contributed by atoms with E-state index in [1.54, 1.807) is 0 Å². The van der Waals surface area contributed by atoms with E-state index in [1.165, 1.54) is 19.3 Å². The third-order valence-corrected chi connectivity index (χ3v) is 4.60. The molecule has 0 saturated carbocycles. The second-order valence-electron chi connectivity index (χ2n) is 6.32. The van der Waals surface area contributed by atoms with E-state index < -0.39 is 0 Å². The Labute approximate surface area is 156 Å². The van der Waals surface area contributed by atoms with E-state index in [1.807, 2.05) is 60.7 Å². The average Bonchev–Trinajstić information content (AvgIpc) is 2.65. The number of likely N-dealkylation sites (tertiary alicyclic amines) is 1. The number of hydrogen-bond acceptors (Lipinski definition) is 3. The van der Waals surface area contributed by atoms with Crippen LogP contribution >= 0.6 is 12.4 Å². The Kier molecular flexibility index (Phi) is 7.96. The first kappa shape index (κ1) is 19.5. The van der Waals surface area contributed by atoms with Crippen molar-refractivity contribution in [2.75, 3.05) is 26.2 Å². The first-order valence-corrected chi connectivity index (χ1v) is 8.83. The van der Waals surface area contributed by atoms with E-state index in [-0.39, 0.29) is 24.3 Å². The van der Waals surface area contributed by atoms with Gasteiger partial charge in [-0.05, 0) is 37.1 Å². The number of hydrogen-bond donors (Lipinski definition) is 0. The van der Waals surface area contributed by atoms with Crippen LogP contribution in [-0.2, 0) is 9.53 Å². The molecule has 3 rings (SSSR count). The molecule has 4 heteroatoms. The van der Waals surface area contributed by atoms with Crippen molar-refractivity contribution in [2.45, 2.75) is 25.2 Å². The van der Waals surface area contributed by atoms with E-state index >= 15 is 0 Å². The van der Waals surface area contributed by atoms with Crippen molar-refractivity contribution in [3.63, 3.8) is 0 Å². The Morgan fingerprint density at radius 2 is 1.40 bits per heavy atom. The molecule has 0 N–H and O–H groups in total. The lowest BCUT2D eigenvalue weighted by Gasteiger charge is -2.26. The van der Waals surface area contributed by atoms with E-state index in [0.717, 1.165) is 30.8 Å². The number of piperidine rings is 1. The van der Waals surface area contributed by atoms with Crippen molar-refractivity contribution in [1.82, 2.24) is 4.90 Å². The summed E-state index contributed by atoms with van der Waals surface area (Å²) in [5.74, 6) is -0.516. The van der Waals surface area contributed by atoms with Gasteiger partial charge in [0.25, 0.3) is 0 Å². The van der Waals surface area contributed by atoms with Crippen molar-refractivity contribution in [2.24, 2.45) is 0 Å². The lowest BCUT2D eigenvalue weighted by atomic mass is 9.91. The second kappa shape index (κ2) is 10.2. The minimum atomic E-state index is -0.353. The number of ether oxygens (including phenoxy) is 1. The maximum atomic E-state index is 12.7. The minimum absolute atomic E-state index is 0. The molecule has 2 aromatic carbocycles. The molecule has 0 radical (unpaired) electrons. The summed E-state index contributed by atoms with van der Waals surface area (Å²) < 4.78 is 5.64. The molecule has 2 aromatic rings. The molecular formula is C21H26ClNO2. The van der Waals surface area contributed by atoms with Gasteiger partial charge in [0.15, 0.2) is 0 Å². The fourth-order valence-electron chi connectivity index (χ4n) is 3.30. The fourth-order valence-corrected chi connectivity index (χ4v) is 3.30. The molecule has 1 fully saturated rings. The zero-order valence-corrected chi connectivity index (χ0v) is 15.3. The van der Waals surface area contributed by atoms with Crippen LogP contribution in [0.5, 0.6) is 0 Å². The molecule has 25 heavy (non-hydrogen) atoms. The molecule has 1 aliphatic rings. The molecule has 1 heterocycles. The lowest BCUT2D eigenvalue weighted by molar-refractivity contribution is -0.144. The van der Waals surface area contributed by atoms with Crippen LogP contribution in [-0.4, -0.2) is 37.1 Å². The van der Waals surface area contributed by atoms with E-state index in [0.29, 0.717) is 6.61 Å². The zero-order valence-electron chi connectivity index (χ0n) is 14.5. The highest BCUT2D eigenvalue weighted by molar-refractivity contribution is 5.85. The van der Waals surface area contributed by atoms with Crippen LogP contribution in [0.25, 0.3) is 0 Å². The van der Waals surface area contributed by atoms with Crippen molar-refractivity contribution in [3.8, 4) is 0 Å². The van der Waals surface area contributed by atoms with Crippen LogP contribution in [0, 0.1) is 0 Å². The van der Waals surface area contributed by atoms with Crippen molar-refractivity contribution in [3.05, 3.63) is 71.8 Å². The van der Waals surface area contributed by atoms with Crippen LogP contribution < -0.4 is 0 Å². The van der Waals surface area contributed by atoms with Crippen LogP contribution in [0.2, 0.25) is 0 Å². The molecule has 0 unspecified atom stereocenters. The highest BCUT2D eigenvalue weighted by Crippen LogP contribution is 2.25. The first-order chi connectivity index (χ1) is 11.8. The maximum absolute atomic E-state index is 12.7. The Morgan fingerprint density at radius 1 is 0.880 bits per heavy atom. The highest BCUT2D eigenvalue weighted by Gasteiger charge is 2.24. The zero-order chi connectivity index (χ0) is 16.6. The van der Waals surface area contributed by atoms with Gasteiger partial charge in [0, 0.05) is 6.54 Å². The number of carbonyl (C=O) groups excluding carboxylic acids is 1. The molecule has 0 spiro atoms. The molecule has 3 nitrogen and oxygen atoms in total. The van der Waals surface area contributed by atoms with Crippen LogP contribution in [0.4, 0.5) is 0 Å². The topological polar surface area (TPSA) is 29.5 Å². The fraction of sp³-hybridized carbons (Fsp3) is 0.381. The van der Waals surface area contributed by atoms with E-state index in [4.69, 9.17) is 4.74 Å². The van der Waals surface area contributed by atoms with Gasteiger partial charge in [-0.1, -0.05) is 67.1 Å². The standard InChI is InChI=1S/C21H25NO2.ClH/c23-21(24-17-16-22-14-8-3-9-15-22)20(18-10-4-1-5-11-18)19-12-6-2-7-13-19;/h1-2,4-7,10-13,20H,3,8-9,14-17H2;1H. The molecule has 0 aliphatic carbocycles. The molecule has 1 saturated heterocycles. The number of halogens is 1. The molecule has 0 bridgehead atoms. The van der Waals surface area contributed by atoms with Crippen LogP contribution in [0.15, 0.2) is 60.7 Å². The second-order valence-corrected chi connectivity index (χ2v) is 6.32. The average molecular weight is 360 g/mol. The Balaban J connectivity index is 0.00000225. The van der Waals surface area contributed by atoms with Gasteiger partial charge in [0.05, 0.1) is 0 Å². The molecule has 0 atom stereocenters. The minimum Gasteiger partial charge on any atom is -0.464 e. The summed E-state index contributed by atoms with van der Waals surface area (Å²) in [6.07, 6.45) is 3.83. The third kappa shape index (κ3) is 5.58. The highest BCUT2D eigenvalue weighted by atomic mass is 35.5. The van der Waals surface area contributed by atoms with Crippen LogP contribution in [0.1, 0.15) is 36.3 Å². The summed E-state index contributed by atoms with van der Waals surface area (Å²) in [5.41, 5.74) is 1.96. The van der Waals surface area contributed by atoms with Gasteiger partial charge < -0.3 is 4.74 Å². The SMILES string of the molecule is Cl.O=C(OCCN1CCCCC1)C(c1ccccc1)c1ccccc1. The molecule has 0 aromatic heterocycles. The monoisotopic (exact) mass is 359 g/mol. The molecule has 1 aliphatic heterocycles. The van der Waals surface area contributed by atoms with Gasteiger partial charge in [-0.2, -0.15) is 0 Å². The summed E-state index contributed by atoms with van der Waals surface area (Å²) in [6.45, 7) is 3.55. The largest absolute Gasteiger partial charge is 0.464 e. The number of nitrogens with zero attached hydrogens (tertiary/aromatic N) is 1. The molecular weight excluding hydrogens is 334 g/mol. The predicted molar refractivity (Wildman–Crippen MR) is 103 cm³/mol. The first-order valence-electron chi connectivity index (χ1n) is 8.83. The predicted octanol–water partition coefficient (Wildman–Crippen LogP) is 4.27. The summed E-state index contributed by atoms with van der Waals surface area (Å²) in [4.78, 5) is 15.1. The van der Waals surface area contributed by atoms with Gasteiger partial charge in [0.2, 0.25) is 0 Å². The third-order valence-electron chi connectivity index (χ3n) is 4.60. The smallest absolute Gasteiger partial charge is 0.317 e. The Bertz CT molecular complexity index is 587. The van der Waals surface area contributed by atoms with Gasteiger partial charge in [-0.3, -0.25) is 9.69 Å². The van der Waals surface area contributed by atoms with Crippen molar-refractivity contribution >= 4 is 18.4 Å². The van der Waals surface area contributed by atoms with Gasteiger partial charge in [0.1, 0.15) is 12.5 Å². The van der Waals surface area contributed by atoms with E-state index in [9.17, 15) is 4.79 Å². The van der Waals surface area contributed by atoms with Gasteiger partial charge in [-0.25, -0.2) is 0 Å². The normalized spacial score (nSPS) is 14.8. The van der Waals surface area contributed by atoms with Gasteiger partial charge >= 0.3 is 5.97 Å². The maximum Gasteiger partial charge on any atom is 0.317 e. The summed E-state index contributed by atoms with van der Waals surface area (Å²) in [5, 5.41) is 0. The summed E-state index contributed by atoms with van der Waals surface area (Å²) in [7, 11) is 0. The van der Waals surface area contributed by atoms with Crippen molar-refractivity contribution < 1.29 is 9.53 Å². The summed E-state index contributed by atoms with van der Waals surface area (Å²) in [6, 6.07) is 19.7. The quantitative estimate of drug-likeness (QED) is 0.721.